The van der Waals surface area contributed by atoms with Gasteiger partial charge >= 0.3 is 0 Å². The lowest BCUT2D eigenvalue weighted by Gasteiger charge is -2.15. The third-order valence-corrected chi connectivity index (χ3v) is 5.55. The second-order valence-electron chi connectivity index (χ2n) is 5.56. The molecule has 0 fully saturated rings. The molecule has 140 valence electrons. The SMILES string of the molecule is COc1ccc(S(=O)(=O)N(C)C)cc1NC(=O)CNc1cccc(Cl)c1. The number of ether oxygens (including phenoxy) is 1. The van der Waals surface area contributed by atoms with Gasteiger partial charge in [0.2, 0.25) is 15.9 Å². The van der Waals surface area contributed by atoms with Gasteiger partial charge in [0.25, 0.3) is 0 Å². The van der Waals surface area contributed by atoms with Crippen molar-refractivity contribution < 1.29 is 17.9 Å². The minimum atomic E-state index is -3.62. The Morgan fingerprint density at radius 3 is 2.54 bits per heavy atom. The summed E-state index contributed by atoms with van der Waals surface area (Å²) in [6.45, 7) is -0.0197. The second-order valence-corrected chi connectivity index (χ2v) is 8.15. The lowest BCUT2D eigenvalue weighted by molar-refractivity contribution is -0.114. The van der Waals surface area contributed by atoms with E-state index in [4.69, 9.17) is 16.3 Å². The topological polar surface area (TPSA) is 87.7 Å². The number of nitrogens with one attached hydrogen (secondary N) is 2. The van der Waals surface area contributed by atoms with Crippen LogP contribution in [-0.2, 0) is 14.8 Å². The van der Waals surface area contributed by atoms with E-state index in [9.17, 15) is 13.2 Å². The van der Waals surface area contributed by atoms with Crippen LogP contribution < -0.4 is 15.4 Å². The first-order valence-electron chi connectivity index (χ1n) is 7.64. The number of methoxy groups -OCH3 is 1. The molecule has 0 bridgehead atoms. The number of sulfonamides is 1. The van der Waals surface area contributed by atoms with Gasteiger partial charge in [0.05, 0.1) is 24.2 Å². The molecule has 0 unspecified atom stereocenters. The molecule has 2 aromatic rings. The molecule has 0 saturated carbocycles. The van der Waals surface area contributed by atoms with E-state index in [0.717, 1.165) is 4.31 Å². The first-order chi connectivity index (χ1) is 12.2. The summed E-state index contributed by atoms with van der Waals surface area (Å²) >= 11 is 5.90. The van der Waals surface area contributed by atoms with E-state index in [1.54, 1.807) is 24.3 Å². The molecule has 0 saturated heterocycles. The monoisotopic (exact) mass is 397 g/mol. The maximum atomic E-state index is 12.3. The van der Waals surface area contributed by atoms with Crippen molar-refractivity contribution in [2.45, 2.75) is 4.90 Å². The van der Waals surface area contributed by atoms with Gasteiger partial charge in [-0.25, -0.2) is 12.7 Å². The summed E-state index contributed by atoms with van der Waals surface area (Å²) in [7, 11) is 0.690. The smallest absolute Gasteiger partial charge is 0.243 e. The normalized spacial score (nSPS) is 11.3. The quantitative estimate of drug-likeness (QED) is 0.749. The van der Waals surface area contributed by atoms with Crippen LogP contribution in [0.2, 0.25) is 5.02 Å². The number of hydrogen-bond donors (Lipinski definition) is 2. The highest BCUT2D eigenvalue weighted by molar-refractivity contribution is 7.89. The van der Waals surface area contributed by atoms with Crippen LogP contribution in [-0.4, -0.2) is 46.4 Å². The first-order valence-corrected chi connectivity index (χ1v) is 9.45. The van der Waals surface area contributed by atoms with Crippen molar-refractivity contribution in [1.29, 1.82) is 0 Å². The lowest BCUT2D eigenvalue weighted by Crippen LogP contribution is -2.24. The predicted molar refractivity (Wildman–Crippen MR) is 102 cm³/mol. The van der Waals surface area contributed by atoms with Crippen LogP contribution in [0.5, 0.6) is 5.75 Å². The summed E-state index contributed by atoms with van der Waals surface area (Å²) in [4.78, 5) is 12.3. The number of carbonyl (C=O) groups excluding carboxylic acids is 1. The van der Waals surface area contributed by atoms with Gasteiger partial charge in [-0.1, -0.05) is 17.7 Å². The number of nitrogens with zero attached hydrogens (tertiary/aromatic N) is 1. The van der Waals surface area contributed by atoms with E-state index >= 15 is 0 Å². The highest BCUT2D eigenvalue weighted by atomic mass is 35.5. The van der Waals surface area contributed by atoms with Gasteiger partial charge in [-0.2, -0.15) is 0 Å². The molecule has 0 aliphatic heterocycles. The van der Waals surface area contributed by atoms with Crippen LogP contribution in [0.1, 0.15) is 0 Å². The molecule has 0 radical (unpaired) electrons. The fourth-order valence-electron chi connectivity index (χ4n) is 2.13. The van der Waals surface area contributed by atoms with Crippen LogP contribution in [0.4, 0.5) is 11.4 Å². The van der Waals surface area contributed by atoms with E-state index in [1.807, 2.05) is 0 Å². The maximum absolute atomic E-state index is 12.3. The number of anilines is 2. The van der Waals surface area contributed by atoms with Gasteiger partial charge in [-0.15, -0.1) is 0 Å². The summed E-state index contributed by atoms with van der Waals surface area (Å²) < 4.78 is 30.8. The number of amides is 1. The summed E-state index contributed by atoms with van der Waals surface area (Å²) in [5.74, 6) is 0.00138. The van der Waals surface area contributed by atoms with E-state index in [2.05, 4.69) is 10.6 Å². The van der Waals surface area contributed by atoms with Crippen molar-refractivity contribution in [3.8, 4) is 5.75 Å². The molecule has 0 heterocycles. The average molecular weight is 398 g/mol. The van der Waals surface area contributed by atoms with Gasteiger partial charge in [0.15, 0.2) is 0 Å². The standard InChI is InChI=1S/C17H20ClN3O4S/c1-21(2)26(23,24)14-7-8-16(25-3)15(10-14)20-17(22)11-19-13-6-4-5-12(18)9-13/h4-10,19H,11H2,1-3H3,(H,20,22). The Morgan fingerprint density at radius 2 is 1.92 bits per heavy atom. The molecule has 1 amide bonds. The third-order valence-electron chi connectivity index (χ3n) is 3.50. The van der Waals surface area contributed by atoms with Gasteiger partial charge in [-0.3, -0.25) is 4.79 Å². The Labute approximate surface area is 158 Å². The average Bonchev–Trinajstić information content (AvgIpc) is 2.60. The van der Waals surface area contributed by atoms with E-state index < -0.39 is 10.0 Å². The van der Waals surface area contributed by atoms with Gasteiger partial charge in [0.1, 0.15) is 5.75 Å². The van der Waals surface area contributed by atoms with Crippen molar-refractivity contribution in [3.05, 3.63) is 47.5 Å². The summed E-state index contributed by atoms with van der Waals surface area (Å²) in [6, 6.07) is 11.3. The Balaban J connectivity index is 2.15. The van der Waals surface area contributed by atoms with Crippen LogP contribution in [0.15, 0.2) is 47.4 Å². The Kier molecular flexibility index (Phi) is 6.47. The third kappa shape index (κ3) is 4.87. The van der Waals surface area contributed by atoms with Gasteiger partial charge in [-0.05, 0) is 36.4 Å². The van der Waals surface area contributed by atoms with Crippen molar-refractivity contribution in [2.24, 2.45) is 0 Å². The van der Waals surface area contributed by atoms with Gasteiger partial charge < -0.3 is 15.4 Å². The van der Waals surface area contributed by atoms with E-state index in [-0.39, 0.29) is 23.0 Å². The Bertz CT molecular complexity index is 901. The Morgan fingerprint density at radius 1 is 1.19 bits per heavy atom. The molecular formula is C17H20ClN3O4S. The molecular weight excluding hydrogens is 378 g/mol. The zero-order valence-corrected chi connectivity index (χ0v) is 16.2. The van der Waals surface area contributed by atoms with Gasteiger partial charge in [0, 0.05) is 24.8 Å². The molecule has 26 heavy (non-hydrogen) atoms. The van der Waals surface area contributed by atoms with Crippen LogP contribution in [0.25, 0.3) is 0 Å². The number of benzene rings is 2. The molecule has 0 atom stereocenters. The number of hydrogen-bond acceptors (Lipinski definition) is 5. The minimum absolute atomic E-state index is 0.0197. The fourth-order valence-corrected chi connectivity index (χ4v) is 3.25. The minimum Gasteiger partial charge on any atom is -0.495 e. The maximum Gasteiger partial charge on any atom is 0.243 e. The number of halogens is 1. The molecule has 7 nitrogen and oxygen atoms in total. The highest BCUT2D eigenvalue weighted by Crippen LogP contribution is 2.28. The Hall–Kier alpha value is -2.29. The van der Waals surface area contributed by atoms with Crippen molar-refractivity contribution in [2.75, 3.05) is 38.4 Å². The zero-order valence-electron chi connectivity index (χ0n) is 14.6. The van der Waals surface area contributed by atoms with Crippen LogP contribution >= 0.6 is 11.6 Å². The first kappa shape index (κ1) is 20.0. The number of carbonyl (C=O) groups is 1. The molecule has 0 aliphatic rings. The molecule has 2 rings (SSSR count). The highest BCUT2D eigenvalue weighted by Gasteiger charge is 2.19. The van der Waals surface area contributed by atoms with Crippen molar-refractivity contribution in [3.63, 3.8) is 0 Å². The molecule has 0 aliphatic carbocycles. The van der Waals surface area contributed by atoms with E-state index in [0.29, 0.717) is 16.5 Å². The molecule has 9 heteroatoms. The molecule has 2 N–H and O–H groups in total. The lowest BCUT2D eigenvalue weighted by atomic mass is 10.3. The summed E-state index contributed by atoms with van der Waals surface area (Å²) in [5.41, 5.74) is 0.969. The van der Waals surface area contributed by atoms with Crippen LogP contribution in [0.3, 0.4) is 0 Å². The summed E-state index contributed by atoms with van der Waals surface area (Å²) in [6.07, 6.45) is 0. The predicted octanol–water partition coefficient (Wildman–Crippen LogP) is 2.65. The molecule has 0 aromatic heterocycles. The molecule has 0 spiro atoms. The zero-order chi connectivity index (χ0) is 19.3. The fraction of sp³-hybridized carbons (Fsp3) is 0.235. The summed E-state index contributed by atoms with van der Waals surface area (Å²) in [5, 5.41) is 6.15. The number of rotatable bonds is 7. The van der Waals surface area contributed by atoms with Crippen molar-refractivity contribution in [1.82, 2.24) is 4.31 Å². The second kappa shape index (κ2) is 8.39. The van der Waals surface area contributed by atoms with Crippen LogP contribution in [0, 0.1) is 0 Å². The van der Waals surface area contributed by atoms with Crippen molar-refractivity contribution >= 4 is 38.9 Å². The largest absolute Gasteiger partial charge is 0.495 e. The molecule has 2 aromatic carbocycles. The van der Waals surface area contributed by atoms with E-state index in [1.165, 1.54) is 39.4 Å².